The summed E-state index contributed by atoms with van der Waals surface area (Å²) in [6.45, 7) is 7.42. The van der Waals surface area contributed by atoms with E-state index < -0.39 is 0 Å². The van der Waals surface area contributed by atoms with Crippen LogP contribution in [0.15, 0.2) is 36.7 Å². The molecule has 3 unspecified atom stereocenters. The molecule has 2 N–H and O–H groups in total. The first kappa shape index (κ1) is 15.7. The highest BCUT2D eigenvalue weighted by Crippen LogP contribution is 2.30. The van der Waals surface area contributed by atoms with Crippen LogP contribution in [0.5, 0.6) is 0 Å². The number of rotatable bonds is 7. The summed E-state index contributed by atoms with van der Waals surface area (Å²) in [4.78, 5) is 4.36. The molecule has 4 heteroatoms. The van der Waals surface area contributed by atoms with Crippen molar-refractivity contribution < 1.29 is 0 Å². The smallest absolute Gasteiger partial charge is 0.138 e. The summed E-state index contributed by atoms with van der Waals surface area (Å²) < 4.78 is 1.93. The summed E-state index contributed by atoms with van der Waals surface area (Å²) in [6.07, 6.45) is 3.50. The van der Waals surface area contributed by atoms with Crippen LogP contribution < -0.4 is 5.73 Å². The average molecular weight is 286 g/mol. The van der Waals surface area contributed by atoms with E-state index in [-0.39, 0.29) is 6.04 Å². The van der Waals surface area contributed by atoms with Gasteiger partial charge in [-0.25, -0.2) is 4.98 Å². The second-order valence-electron chi connectivity index (χ2n) is 5.68. The zero-order chi connectivity index (χ0) is 15.2. The summed E-state index contributed by atoms with van der Waals surface area (Å²) in [5, 5.41) is 4.23. The SMILES string of the molecule is CCC(C)C(c1ccccc1)C(N)Cc1ncnn1CC. The van der Waals surface area contributed by atoms with Crippen molar-refractivity contribution >= 4 is 0 Å². The second-order valence-corrected chi connectivity index (χ2v) is 5.68. The average Bonchev–Trinajstić information content (AvgIpc) is 2.95. The van der Waals surface area contributed by atoms with E-state index in [1.807, 2.05) is 4.68 Å². The number of nitrogens with two attached hydrogens (primary N) is 1. The lowest BCUT2D eigenvalue weighted by Gasteiger charge is -2.29. The quantitative estimate of drug-likeness (QED) is 0.851. The maximum absolute atomic E-state index is 6.56. The van der Waals surface area contributed by atoms with Gasteiger partial charge in [0.1, 0.15) is 12.2 Å². The highest BCUT2D eigenvalue weighted by atomic mass is 15.3. The Morgan fingerprint density at radius 1 is 1.19 bits per heavy atom. The van der Waals surface area contributed by atoms with Gasteiger partial charge >= 0.3 is 0 Å². The highest BCUT2D eigenvalue weighted by molar-refractivity contribution is 5.22. The summed E-state index contributed by atoms with van der Waals surface area (Å²) >= 11 is 0. The topological polar surface area (TPSA) is 56.7 Å². The number of benzene rings is 1. The van der Waals surface area contributed by atoms with E-state index in [0.717, 1.165) is 25.2 Å². The Balaban J connectivity index is 2.21. The van der Waals surface area contributed by atoms with Gasteiger partial charge in [-0.2, -0.15) is 5.10 Å². The molecular formula is C17H26N4. The molecule has 0 amide bonds. The molecule has 3 atom stereocenters. The summed E-state index contributed by atoms with van der Waals surface area (Å²) in [5.41, 5.74) is 7.88. The Hall–Kier alpha value is -1.68. The lowest BCUT2D eigenvalue weighted by molar-refractivity contribution is 0.372. The fourth-order valence-electron chi connectivity index (χ4n) is 2.98. The van der Waals surface area contributed by atoms with E-state index in [1.165, 1.54) is 5.56 Å². The first-order valence-electron chi connectivity index (χ1n) is 7.84. The van der Waals surface area contributed by atoms with Crippen molar-refractivity contribution in [3.8, 4) is 0 Å². The van der Waals surface area contributed by atoms with Gasteiger partial charge in [-0.15, -0.1) is 0 Å². The van der Waals surface area contributed by atoms with Crippen LogP contribution in [0.4, 0.5) is 0 Å². The number of aromatic nitrogens is 3. The van der Waals surface area contributed by atoms with Gasteiger partial charge in [0.15, 0.2) is 0 Å². The van der Waals surface area contributed by atoms with Crippen molar-refractivity contribution in [3.05, 3.63) is 48.0 Å². The van der Waals surface area contributed by atoms with Gasteiger partial charge in [0.25, 0.3) is 0 Å². The number of aryl methyl sites for hydroxylation is 1. The Morgan fingerprint density at radius 3 is 2.52 bits per heavy atom. The molecule has 0 saturated carbocycles. The van der Waals surface area contributed by atoms with Gasteiger partial charge in [-0.3, -0.25) is 4.68 Å². The Labute approximate surface area is 127 Å². The first-order valence-corrected chi connectivity index (χ1v) is 7.84. The van der Waals surface area contributed by atoms with E-state index in [2.05, 4.69) is 61.2 Å². The molecular weight excluding hydrogens is 260 g/mol. The third-order valence-electron chi connectivity index (χ3n) is 4.32. The molecule has 2 aromatic rings. The molecule has 114 valence electrons. The van der Waals surface area contributed by atoms with Gasteiger partial charge in [0.05, 0.1) is 0 Å². The van der Waals surface area contributed by atoms with Crippen LogP contribution in [0, 0.1) is 5.92 Å². The molecule has 0 fully saturated rings. The summed E-state index contributed by atoms with van der Waals surface area (Å²) in [7, 11) is 0. The van der Waals surface area contributed by atoms with Crippen molar-refractivity contribution in [3.63, 3.8) is 0 Å². The van der Waals surface area contributed by atoms with Crippen LogP contribution in [0.2, 0.25) is 0 Å². The van der Waals surface area contributed by atoms with E-state index in [9.17, 15) is 0 Å². The zero-order valence-electron chi connectivity index (χ0n) is 13.2. The standard InChI is InChI=1S/C17H26N4/c1-4-13(3)17(14-9-7-6-8-10-14)15(18)11-16-19-12-20-21(16)5-2/h6-10,12-13,15,17H,4-5,11,18H2,1-3H3. The molecule has 1 heterocycles. The van der Waals surface area contributed by atoms with E-state index >= 15 is 0 Å². The summed E-state index contributed by atoms with van der Waals surface area (Å²) in [5.74, 6) is 1.87. The zero-order valence-corrected chi connectivity index (χ0v) is 13.2. The lowest BCUT2D eigenvalue weighted by atomic mass is 9.79. The van der Waals surface area contributed by atoms with Gasteiger partial charge in [-0.05, 0) is 18.4 Å². The third-order valence-corrected chi connectivity index (χ3v) is 4.32. The number of nitrogens with zero attached hydrogens (tertiary/aromatic N) is 3. The van der Waals surface area contributed by atoms with Crippen molar-refractivity contribution in [2.75, 3.05) is 0 Å². The van der Waals surface area contributed by atoms with E-state index in [4.69, 9.17) is 5.73 Å². The van der Waals surface area contributed by atoms with Gasteiger partial charge in [0, 0.05) is 24.9 Å². The molecule has 0 spiro atoms. The Bertz CT molecular complexity index is 535. The van der Waals surface area contributed by atoms with Crippen LogP contribution in [0.3, 0.4) is 0 Å². The molecule has 0 bridgehead atoms. The maximum Gasteiger partial charge on any atom is 0.138 e. The number of hydrogen-bond donors (Lipinski definition) is 1. The van der Waals surface area contributed by atoms with Crippen molar-refractivity contribution in [2.24, 2.45) is 11.7 Å². The normalized spacial score (nSPS) is 15.6. The van der Waals surface area contributed by atoms with Crippen LogP contribution in [0.25, 0.3) is 0 Å². The molecule has 2 rings (SSSR count). The van der Waals surface area contributed by atoms with Crippen molar-refractivity contribution in [2.45, 2.75) is 52.1 Å². The Morgan fingerprint density at radius 2 is 1.90 bits per heavy atom. The minimum Gasteiger partial charge on any atom is -0.327 e. The van der Waals surface area contributed by atoms with Crippen molar-refractivity contribution in [1.82, 2.24) is 14.8 Å². The van der Waals surface area contributed by atoms with Gasteiger partial charge in [-0.1, -0.05) is 50.6 Å². The Kier molecular flexibility index (Phi) is 5.51. The molecule has 0 aliphatic rings. The van der Waals surface area contributed by atoms with E-state index in [0.29, 0.717) is 11.8 Å². The molecule has 0 aliphatic carbocycles. The fourth-order valence-corrected chi connectivity index (χ4v) is 2.98. The molecule has 0 aliphatic heterocycles. The minimum absolute atomic E-state index is 0.0526. The molecule has 21 heavy (non-hydrogen) atoms. The first-order chi connectivity index (χ1) is 10.2. The highest BCUT2D eigenvalue weighted by Gasteiger charge is 2.26. The lowest BCUT2D eigenvalue weighted by Crippen LogP contribution is -2.35. The number of hydrogen-bond acceptors (Lipinski definition) is 3. The van der Waals surface area contributed by atoms with Gasteiger partial charge in [0.2, 0.25) is 0 Å². The minimum atomic E-state index is 0.0526. The molecule has 1 aromatic heterocycles. The van der Waals surface area contributed by atoms with Gasteiger partial charge < -0.3 is 5.73 Å². The van der Waals surface area contributed by atoms with Crippen LogP contribution in [0.1, 0.15) is 44.5 Å². The molecule has 0 saturated heterocycles. The predicted octanol–water partition coefficient (Wildman–Crippen LogP) is 3.00. The largest absolute Gasteiger partial charge is 0.327 e. The van der Waals surface area contributed by atoms with E-state index in [1.54, 1.807) is 6.33 Å². The van der Waals surface area contributed by atoms with Crippen LogP contribution >= 0.6 is 0 Å². The molecule has 4 nitrogen and oxygen atoms in total. The molecule has 0 radical (unpaired) electrons. The fraction of sp³-hybridized carbons (Fsp3) is 0.529. The third kappa shape index (κ3) is 3.70. The second kappa shape index (κ2) is 7.36. The summed E-state index contributed by atoms with van der Waals surface area (Å²) in [6, 6.07) is 10.6. The predicted molar refractivity (Wildman–Crippen MR) is 86.0 cm³/mol. The van der Waals surface area contributed by atoms with Crippen LogP contribution in [-0.2, 0) is 13.0 Å². The molecule has 1 aromatic carbocycles. The maximum atomic E-state index is 6.56. The van der Waals surface area contributed by atoms with Crippen LogP contribution in [-0.4, -0.2) is 20.8 Å². The van der Waals surface area contributed by atoms with Crippen molar-refractivity contribution in [1.29, 1.82) is 0 Å². The monoisotopic (exact) mass is 286 g/mol.